The minimum Gasteiger partial charge on any atom is -0.272 e. The highest BCUT2D eigenvalue weighted by molar-refractivity contribution is 8.01. The topological polar surface area (TPSA) is 110 Å². The van der Waals surface area contributed by atoms with Crippen LogP contribution in [-0.2, 0) is 4.79 Å². The second-order valence-corrected chi connectivity index (χ2v) is 6.39. The van der Waals surface area contributed by atoms with Gasteiger partial charge in [-0.05, 0) is 13.0 Å². The molecule has 0 atom stereocenters. The van der Waals surface area contributed by atoms with E-state index in [1.54, 1.807) is 18.2 Å². The molecule has 1 heterocycles. The highest BCUT2D eigenvalue weighted by Gasteiger charge is 2.10. The number of hydrogen-bond donors (Lipinski definition) is 1. The number of hydrazone groups is 1. The number of nitro benzene ring substituents is 1. The highest BCUT2D eigenvalue weighted by Crippen LogP contribution is 2.21. The molecule has 0 bridgehead atoms. The van der Waals surface area contributed by atoms with Gasteiger partial charge in [0, 0.05) is 6.07 Å². The Labute approximate surface area is 133 Å². The molecule has 0 fully saturated rings. The van der Waals surface area contributed by atoms with Crippen LogP contribution in [0.5, 0.6) is 0 Å². The number of nitrogens with zero attached hydrogens (tertiary/aromatic N) is 4. The van der Waals surface area contributed by atoms with Crippen LogP contribution < -0.4 is 5.43 Å². The van der Waals surface area contributed by atoms with E-state index in [-0.39, 0.29) is 17.3 Å². The Morgan fingerprint density at radius 3 is 2.95 bits per heavy atom. The van der Waals surface area contributed by atoms with Crippen LogP contribution in [0.2, 0.25) is 0 Å². The summed E-state index contributed by atoms with van der Waals surface area (Å²) < 4.78 is 0.704. The van der Waals surface area contributed by atoms with Crippen LogP contribution >= 0.6 is 23.1 Å². The predicted octanol–water partition coefficient (Wildman–Crippen LogP) is 2.00. The number of carbonyl (C=O) groups is 1. The van der Waals surface area contributed by atoms with Crippen LogP contribution in [0, 0.1) is 17.0 Å². The number of aromatic nitrogens is 2. The second-order valence-electron chi connectivity index (χ2n) is 3.98. The van der Waals surface area contributed by atoms with Crippen LogP contribution in [0.1, 0.15) is 10.6 Å². The normalized spacial score (nSPS) is 10.8. The molecule has 0 unspecified atom stereocenters. The summed E-state index contributed by atoms with van der Waals surface area (Å²) in [7, 11) is 0. The van der Waals surface area contributed by atoms with E-state index in [0.717, 1.165) is 5.01 Å². The fourth-order valence-electron chi connectivity index (χ4n) is 1.43. The van der Waals surface area contributed by atoms with Crippen LogP contribution in [0.15, 0.2) is 33.7 Å². The van der Waals surface area contributed by atoms with Crippen molar-refractivity contribution in [3.05, 3.63) is 45.0 Å². The summed E-state index contributed by atoms with van der Waals surface area (Å²) in [6.07, 6.45) is 1.25. The van der Waals surface area contributed by atoms with Crippen molar-refractivity contribution in [3.8, 4) is 0 Å². The SMILES string of the molecule is Cc1nnc(SCC(=O)N/N=C/c2ccccc2[N+](=O)[O-])s1. The third-order valence-corrected chi connectivity index (χ3v) is 4.33. The molecular formula is C12H11N5O3S2. The van der Waals surface area contributed by atoms with Crippen molar-refractivity contribution in [2.45, 2.75) is 11.3 Å². The van der Waals surface area contributed by atoms with Gasteiger partial charge in [0.05, 0.1) is 22.5 Å². The molecule has 10 heteroatoms. The maximum absolute atomic E-state index is 11.6. The van der Waals surface area contributed by atoms with E-state index in [0.29, 0.717) is 9.90 Å². The highest BCUT2D eigenvalue weighted by atomic mass is 32.2. The van der Waals surface area contributed by atoms with Gasteiger partial charge >= 0.3 is 0 Å². The Balaban J connectivity index is 1.87. The first-order chi connectivity index (χ1) is 10.6. The van der Waals surface area contributed by atoms with Gasteiger partial charge in [-0.15, -0.1) is 10.2 Å². The number of amides is 1. The Hall–Kier alpha value is -2.33. The molecule has 8 nitrogen and oxygen atoms in total. The Bertz CT molecular complexity index is 716. The molecule has 1 N–H and O–H groups in total. The fraction of sp³-hybridized carbons (Fsp3) is 0.167. The molecule has 22 heavy (non-hydrogen) atoms. The molecule has 1 aromatic carbocycles. The van der Waals surface area contributed by atoms with Crippen molar-refractivity contribution >= 4 is 40.9 Å². The molecule has 1 aromatic heterocycles. The predicted molar refractivity (Wildman–Crippen MR) is 84.2 cm³/mol. The van der Waals surface area contributed by atoms with E-state index in [1.165, 1.54) is 35.4 Å². The number of para-hydroxylation sites is 1. The van der Waals surface area contributed by atoms with Gasteiger partial charge in [-0.1, -0.05) is 35.2 Å². The zero-order valence-electron chi connectivity index (χ0n) is 11.4. The lowest BCUT2D eigenvalue weighted by atomic mass is 10.2. The van der Waals surface area contributed by atoms with Gasteiger partial charge in [0.2, 0.25) is 0 Å². The molecule has 2 rings (SSSR count). The van der Waals surface area contributed by atoms with Gasteiger partial charge in [-0.2, -0.15) is 5.10 Å². The van der Waals surface area contributed by atoms with Gasteiger partial charge in [-0.25, -0.2) is 5.43 Å². The molecule has 114 valence electrons. The number of nitrogens with one attached hydrogen (secondary N) is 1. The zero-order valence-corrected chi connectivity index (χ0v) is 13.1. The van der Waals surface area contributed by atoms with Crippen molar-refractivity contribution in [1.29, 1.82) is 0 Å². The number of aryl methyl sites for hydroxylation is 1. The van der Waals surface area contributed by atoms with E-state index in [1.807, 2.05) is 6.92 Å². The average molecular weight is 337 g/mol. The summed E-state index contributed by atoms with van der Waals surface area (Å²) in [6.45, 7) is 1.83. The first-order valence-electron chi connectivity index (χ1n) is 6.04. The Kier molecular flexibility index (Phi) is 5.55. The quantitative estimate of drug-likeness (QED) is 0.373. The number of carbonyl (C=O) groups excluding carboxylic acids is 1. The number of hydrogen-bond acceptors (Lipinski definition) is 8. The smallest absolute Gasteiger partial charge is 0.272 e. The van der Waals surface area contributed by atoms with E-state index < -0.39 is 4.92 Å². The van der Waals surface area contributed by atoms with Gasteiger partial charge in [0.15, 0.2) is 4.34 Å². The number of rotatable bonds is 6. The van der Waals surface area contributed by atoms with Gasteiger partial charge in [0.1, 0.15) is 5.01 Å². The summed E-state index contributed by atoms with van der Waals surface area (Å²) in [4.78, 5) is 21.9. The minimum atomic E-state index is -0.503. The monoisotopic (exact) mass is 337 g/mol. The molecule has 0 saturated heterocycles. The van der Waals surface area contributed by atoms with Crippen molar-refractivity contribution < 1.29 is 9.72 Å². The van der Waals surface area contributed by atoms with Gasteiger partial charge in [-0.3, -0.25) is 14.9 Å². The summed E-state index contributed by atoms with van der Waals surface area (Å²) in [5, 5.41) is 23.1. The third kappa shape index (κ3) is 4.60. The molecule has 0 aliphatic carbocycles. The van der Waals surface area contributed by atoms with E-state index in [9.17, 15) is 14.9 Å². The van der Waals surface area contributed by atoms with E-state index >= 15 is 0 Å². The van der Waals surface area contributed by atoms with E-state index in [4.69, 9.17) is 0 Å². The summed E-state index contributed by atoms with van der Waals surface area (Å²) in [6, 6.07) is 6.14. The van der Waals surface area contributed by atoms with Crippen molar-refractivity contribution in [1.82, 2.24) is 15.6 Å². The molecule has 1 amide bonds. The van der Waals surface area contributed by atoms with Crippen molar-refractivity contribution in [2.24, 2.45) is 5.10 Å². The largest absolute Gasteiger partial charge is 0.278 e. The zero-order chi connectivity index (χ0) is 15.9. The first-order valence-corrected chi connectivity index (χ1v) is 7.84. The average Bonchev–Trinajstić information content (AvgIpc) is 2.91. The number of benzene rings is 1. The number of nitro groups is 1. The van der Waals surface area contributed by atoms with Crippen molar-refractivity contribution in [2.75, 3.05) is 5.75 Å². The molecule has 0 aliphatic heterocycles. The first kappa shape index (κ1) is 16.0. The fourth-order valence-corrected chi connectivity index (χ4v) is 3.04. The Morgan fingerprint density at radius 1 is 1.50 bits per heavy atom. The lowest BCUT2D eigenvalue weighted by Gasteiger charge is -1.98. The molecule has 0 saturated carbocycles. The van der Waals surface area contributed by atoms with Crippen molar-refractivity contribution in [3.63, 3.8) is 0 Å². The van der Waals surface area contributed by atoms with Crippen LogP contribution in [-0.4, -0.2) is 33.0 Å². The second kappa shape index (κ2) is 7.61. The van der Waals surface area contributed by atoms with E-state index in [2.05, 4.69) is 20.7 Å². The minimum absolute atomic E-state index is 0.0702. The standard InChI is InChI=1S/C12H11N5O3S2/c1-8-14-16-12(22-8)21-7-11(18)15-13-6-9-4-2-3-5-10(9)17(19)20/h2-6H,7H2,1H3,(H,15,18)/b13-6+. The Morgan fingerprint density at radius 2 is 2.27 bits per heavy atom. The molecule has 0 spiro atoms. The molecular weight excluding hydrogens is 326 g/mol. The third-order valence-electron chi connectivity index (χ3n) is 2.36. The van der Waals surface area contributed by atoms with Crippen LogP contribution in [0.25, 0.3) is 0 Å². The summed E-state index contributed by atoms with van der Waals surface area (Å²) in [5.41, 5.74) is 2.57. The van der Waals surface area contributed by atoms with Gasteiger partial charge in [0.25, 0.3) is 11.6 Å². The lowest BCUT2D eigenvalue weighted by Crippen LogP contribution is -2.19. The summed E-state index contributed by atoms with van der Waals surface area (Å²) >= 11 is 2.66. The molecule has 0 radical (unpaired) electrons. The number of thioether (sulfide) groups is 1. The maximum Gasteiger partial charge on any atom is 0.278 e. The summed E-state index contributed by atoms with van der Waals surface area (Å²) in [5.74, 6) is -0.184. The lowest BCUT2D eigenvalue weighted by molar-refractivity contribution is -0.385. The van der Waals surface area contributed by atoms with Crippen LogP contribution in [0.3, 0.4) is 0 Å². The molecule has 0 aliphatic rings. The van der Waals surface area contributed by atoms with Gasteiger partial charge < -0.3 is 0 Å². The molecule has 2 aromatic rings. The van der Waals surface area contributed by atoms with Crippen LogP contribution in [0.4, 0.5) is 5.69 Å². The maximum atomic E-state index is 11.6.